The predicted molar refractivity (Wildman–Crippen MR) is 79.9 cm³/mol. The standard InChI is InChI=1S/C14H19N3O5/c1-4-22-12-6-5-10(7-11(12)17(20)21)14(19)15-8-13(18)16-9(2)3/h5-7,9H,4,8H2,1-3H3,(H,15,19)(H,16,18). The minimum absolute atomic E-state index is 0.0315. The number of nitrogens with zero attached hydrogens (tertiary/aromatic N) is 1. The van der Waals surface area contributed by atoms with Crippen molar-refractivity contribution in [2.24, 2.45) is 0 Å². The van der Waals surface area contributed by atoms with E-state index in [0.717, 1.165) is 6.07 Å². The Labute approximate surface area is 128 Å². The van der Waals surface area contributed by atoms with E-state index in [1.807, 2.05) is 0 Å². The zero-order valence-corrected chi connectivity index (χ0v) is 12.7. The normalized spacial score (nSPS) is 10.2. The maximum absolute atomic E-state index is 11.9. The molecular formula is C14H19N3O5. The summed E-state index contributed by atoms with van der Waals surface area (Å²) in [5, 5.41) is 16.0. The summed E-state index contributed by atoms with van der Waals surface area (Å²) in [6, 6.07) is 3.87. The first-order valence-electron chi connectivity index (χ1n) is 6.84. The van der Waals surface area contributed by atoms with E-state index in [0.29, 0.717) is 0 Å². The second-order valence-electron chi connectivity index (χ2n) is 4.78. The average molecular weight is 309 g/mol. The van der Waals surface area contributed by atoms with Crippen molar-refractivity contribution in [3.63, 3.8) is 0 Å². The minimum Gasteiger partial charge on any atom is -0.487 e. The molecule has 1 aromatic carbocycles. The third kappa shape index (κ3) is 5.04. The third-order valence-corrected chi connectivity index (χ3v) is 2.58. The monoisotopic (exact) mass is 309 g/mol. The lowest BCUT2D eigenvalue weighted by Gasteiger charge is -2.10. The van der Waals surface area contributed by atoms with Gasteiger partial charge in [-0.1, -0.05) is 0 Å². The van der Waals surface area contributed by atoms with Gasteiger partial charge in [0.1, 0.15) is 0 Å². The predicted octanol–water partition coefficient (Wildman–Crippen LogP) is 1.25. The fourth-order valence-corrected chi connectivity index (χ4v) is 1.71. The summed E-state index contributed by atoms with van der Waals surface area (Å²) in [7, 11) is 0. The van der Waals surface area contributed by atoms with E-state index in [2.05, 4.69) is 10.6 Å². The molecule has 2 amide bonds. The van der Waals surface area contributed by atoms with Crippen LogP contribution in [0.1, 0.15) is 31.1 Å². The number of carbonyl (C=O) groups excluding carboxylic acids is 2. The molecule has 0 saturated heterocycles. The molecular weight excluding hydrogens is 290 g/mol. The molecule has 0 unspecified atom stereocenters. The van der Waals surface area contributed by atoms with Crippen LogP contribution in [0.2, 0.25) is 0 Å². The van der Waals surface area contributed by atoms with Gasteiger partial charge >= 0.3 is 5.69 Å². The molecule has 0 aliphatic heterocycles. The van der Waals surface area contributed by atoms with E-state index in [-0.39, 0.29) is 42.1 Å². The molecule has 120 valence electrons. The Kier molecular flexibility index (Phi) is 6.30. The SMILES string of the molecule is CCOc1ccc(C(=O)NCC(=O)NC(C)C)cc1[N+](=O)[O-]. The Morgan fingerprint density at radius 3 is 2.59 bits per heavy atom. The van der Waals surface area contributed by atoms with E-state index < -0.39 is 10.8 Å². The average Bonchev–Trinajstić information content (AvgIpc) is 2.44. The van der Waals surface area contributed by atoms with E-state index in [4.69, 9.17) is 4.74 Å². The Bertz CT molecular complexity index is 572. The molecule has 2 N–H and O–H groups in total. The summed E-state index contributed by atoms with van der Waals surface area (Å²) in [5.74, 6) is -0.796. The van der Waals surface area contributed by atoms with Crippen molar-refractivity contribution in [1.82, 2.24) is 10.6 Å². The molecule has 1 aromatic rings. The van der Waals surface area contributed by atoms with Gasteiger partial charge in [-0.2, -0.15) is 0 Å². The molecule has 8 heteroatoms. The summed E-state index contributed by atoms with van der Waals surface area (Å²) in [6.45, 7) is 5.39. The fourth-order valence-electron chi connectivity index (χ4n) is 1.71. The van der Waals surface area contributed by atoms with Crippen LogP contribution < -0.4 is 15.4 Å². The summed E-state index contributed by atoms with van der Waals surface area (Å²) in [5.41, 5.74) is -0.200. The lowest BCUT2D eigenvalue weighted by atomic mass is 10.1. The second-order valence-corrected chi connectivity index (χ2v) is 4.78. The molecule has 1 rings (SSSR count). The van der Waals surface area contributed by atoms with Gasteiger partial charge in [0.25, 0.3) is 5.91 Å². The number of carbonyl (C=O) groups is 2. The highest BCUT2D eigenvalue weighted by atomic mass is 16.6. The van der Waals surface area contributed by atoms with E-state index in [1.54, 1.807) is 20.8 Å². The van der Waals surface area contributed by atoms with E-state index >= 15 is 0 Å². The van der Waals surface area contributed by atoms with Crippen molar-refractivity contribution in [1.29, 1.82) is 0 Å². The van der Waals surface area contributed by atoms with Gasteiger partial charge in [0.2, 0.25) is 5.91 Å². The van der Waals surface area contributed by atoms with Crippen LogP contribution in [0.5, 0.6) is 5.75 Å². The molecule has 0 atom stereocenters. The van der Waals surface area contributed by atoms with Gasteiger partial charge in [0, 0.05) is 17.7 Å². The molecule has 0 radical (unpaired) electrons. The molecule has 0 fully saturated rings. The Hall–Kier alpha value is -2.64. The van der Waals surface area contributed by atoms with E-state index in [1.165, 1.54) is 12.1 Å². The van der Waals surface area contributed by atoms with E-state index in [9.17, 15) is 19.7 Å². The lowest BCUT2D eigenvalue weighted by molar-refractivity contribution is -0.385. The number of hydrogen-bond donors (Lipinski definition) is 2. The highest BCUT2D eigenvalue weighted by molar-refractivity contribution is 5.97. The topological polar surface area (TPSA) is 111 Å². The number of amides is 2. The van der Waals surface area contributed by atoms with Crippen molar-refractivity contribution < 1.29 is 19.2 Å². The maximum atomic E-state index is 11.9. The second kappa shape index (κ2) is 7.96. The van der Waals surface area contributed by atoms with Gasteiger partial charge in [-0.25, -0.2) is 0 Å². The van der Waals surface area contributed by atoms with Gasteiger partial charge in [0.15, 0.2) is 5.75 Å². The molecule has 0 aromatic heterocycles. The first-order valence-corrected chi connectivity index (χ1v) is 6.84. The van der Waals surface area contributed by atoms with Gasteiger partial charge in [-0.15, -0.1) is 0 Å². The maximum Gasteiger partial charge on any atom is 0.311 e. The summed E-state index contributed by atoms with van der Waals surface area (Å²) < 4.78 is 5.14. The van der Waals surface area contributed by atoms with Crippen LogP contribution in [0.15, 0.2) is 18.2 Å². The smallest absolute Gasteiger partial charge is 0.311 e. The van der Waals surface area contributed by atoms with Crippen LogP contribution in [0, 0.1) is 10.1 Å². The van der Waals surface area contributed by atoms with Crippen LogP contribution in [-0.2, 0) is 4.79 Å². The largest absolute Gasteiger partial charge is 0.487 e. The first-order chi connectivity index (χ1) is 10.3. The summed E-state index contributed by atoms with van der Waals surface area (Å²) in [6.07, 6.45) is 0. The zero-order valence-electron chi connectivity index (χ0n) is 12.7. The first kappa shape index (κ1) is 17.4. The molecule has 0 saturated carbocycles. The Balaban J connectivity index is 2.79. The highest BCUT2D eigenvalue weighted by Gasteiger charge is 2.18. The lowest BCUT2D eigenvalue weighted by Crippen LogP contribution is -2.39. The number of benzene rings is 1. The molecule has 0 heterocycles. The Morgan fingerprint density at radius 2 is 2.05 bits per heavy atom. The van der Waals surface area contributed by atoms with Crippen LogP contribution in [0.25, 0.3) is 0 Å². The van der Waals surface area contributed by atoms with Gasteiger partial charge in [-0.3, -0.25) is 19.7 Å². The number of nitrogens with one attached hydrogen (secondary N) is 2. The number of nitro benzene ring substituents is 1. The van der Waals surface area contributed by atoms with Gasteiger partial charge < -0.3 is 15.4 Å². The molecule has 0 aliphatic carbocycles. The number of rotatable bonds is 7. The van der Waals surface area contributed by atoms with Crippen molar-refractivity contribution in [3.8, 4) is 5.75 Å². The quantitative estimate of drug-likeness (QED) is 0.581. The number of nitro groups is 1. The molecule has 0 bridgehead atoms. The van der Waals surface area contributed by atoms with Crippen molar-refractivity contribution in [3.05, 3.63) is 33.9 Å². The van der Waals surface area contributed by atoms with Gasteiger partial charge in [-0.05, 0) is 32.9 Å². The van der Waals surface area contributed by atoms with Gasteiger partial charge in [0.05, 0.1) is 18.1 Å². The molecule has 8 nitrogen and oxygen atoms in total. The number of ether oxygens (including phenoxy) is 1. The molecule has 22 heavy (non-hydrogen) atoms. The van der Waals surface area contributed by atoms with Crippen molar-refractivity contribution in [2.75, 3.05) is 13.2 Å². The third-order valence-electron chi connectivity index (χ3n) is 2.58. The molecule has 0 spiro atoms. The minimum atomic E-state index is -0.618. The Morgan fingerprint density at radius 1 is 1.36 bits per heavy atom. The van der Waals surface area contributed by atoms with Crippen LogP contribution in [0.4, 0.5) is 5.69 Å². The van der Waals surface area contributed by atoms with Crippen LogP contribution in [0.3, 0.4) is 0 Å². The van der Waals surface area contributed by atoms with Crippen molar-refractivity contribution >= 4 is 17.5 Å². The summed E-state index contributed by atoms with van der Waals surface area (Å²) in [4.78, 5) is 33.7. The highest BCUT2D eigenvalue weighted by Crippen LogP contribution is 2.27. The number of hydrogen-bond acceptors (Lipinski definition) is 5. The fraction of sp³-hybridized carbons (Fsp3) is 0.429. The molecule has 0 aliphatic rings. The van der Waals surface area contributed by atoms with Crippen LogP contribution >= 0.6 is 0 Å². The summed E-state index contributed by atoms with van der Waals surface area (Å²) >= 11 is 0. The van der Waals surface area contributed by atoms with Crippen LogP contribution in [-0.4, -0.2) is 35.9 Å². The van der Waals surface area contributed by atoms with Crippen molar-refractivity contribution in [2.45, 2.75) is 26.8 Å². The zero-order chi connectivity index (χ0) is 16.7.